The first kappa shape index (κ1) is 15.8. The third kappa shape index (κ3) is 3.19. The standard InChI is InChI=1S/C14H21BrClNO/c1-9-10(2)14(18-5)12(11(3)13(9)15)6-7-17(4)8-16/h6-8H2,1-5H3. The minimum absolute atomic E-state index is 0.549. The fraction of sp³-hybridized carbons (Fsp3) is 0.571. The lowest BCUT2D eigenvalue weighted by Crippen LogP contribution is -2.20. The number of ether oxygens (including phenoxy) is 1. The molecule has 0 unspecified atom stereocenters. The molecule has 0 aromatic heterocycles. The van der Waals surface area contributed by atoms with E-state index in [1.54, 1.807) is 7.11 Å². The molecule has 0 atom stereocenters. The molecule has 0 saturated heterocycles. The van der Waals surface area contributed by atoms with Crippen LogP contribution >= 0.6 is 27.5 Å². The number of benzene rings is 1. The van der Waals surface area contributed by atoms with Crippen molar-refractivity contribution in [1.82, 2.24) is 4.90 Å². The molecule has 0 spiro atoms. The van der Waals surface area contributed by atoms with E-state index in [4.69, 9.17) is 16.3 Å². The zero-order valence-electron chi connectivity index (χ0n) is 11.7. The molecule has 2 nitrogen and oxygen atoms in total. The highest BCUT2D eigenvalue weighted by molar-refractivity contribution is 9.10. The Kier molecular flexibility index (Phi) is 5.96. The first-order valence-corrected chi connectivity index (χ1v) is 7.33. The quantitative estimate of drug-likeness (QED) is 0.595. The molecule has 0 aliphatic heterocycles. The maximum atomic E-state index is 5.80. The molecular formula is C14H21BrClNO. The van der Waals surface area contributed by atoms with Crippen LogP contribution in [0.15, 0.2) is 4.47 Å². The largest absolute Gasteiger partial charge is 0.496 e. The molecule has 0 fully saturated rings. The number of hydrogen-bond donors (Lipinski definition) is 0. The van der Waals surface area contributed by atoms with Crippen molar-refractivity contribution in [3.8, 4) is 5.75 Å². The summed E-state index contributed by atoms with van der Waals surface area (Å²) in [5.41, 5.74) is 4.99. The molecular weight excluding hydrogens is 314 g/mol. The Morgan fingerprint density at radius 1 is 1.17 bits per heavy atom. The summed E-state index contributed by atoms with van der Waals surface area (Å²) in [7, 11) is 3.76. The maximum absolute atomic E-state index is 5.80. The molecule has 18 heavy (non-hydrogen) atoms. The molecule has 0 aliphatic carbocycles. The minimum Gasteiger partial charge on any atom is -0.496 e. The third-order valence-electron chi connectivity index (χ3n) is 3.44. The maximum Gasteiger partial charge on any atom is 0.125 e. The fourth-order valence-electron chi connectivity index (χ4n) is 2.09. The van der Waals surface area contributed by atoms with Crippen molar-refractivity contribution in [2.75, 3.05) is 26.7 Å². The molecule has 0 radical (unpaired) electrons. The van der Waals surface area contributed by atoms with E-state index in [0.29, 0.717) is 6.00 Å². The van der Waals surface area contributed by atoms with Gasteiger partial charge in [0.15, 0.2) is 0 Å². The number of hydrogen-bond acceptors (Lipinski definition) is 2. The third-order valence-corrected chi connectivity index (χ3v) is 5.04. The molecule has 1 rings (SSSR count). The van der Waals surface area contributed by atoms with Crippen LogP contribution < -0.4 is 4.74 Å². The Balaban J connectivity index is 3.16. The van der Waals surface area contributed by atoms with Gasteiger partial charge in [-0.2, -0.15) is 0 Å². The van der Waals surface area contributed by atoms with Gasteiger partial charge in [0.25, 0.3) is 0 Å². The van der Waals surface area contributed by atoms with Crippen molar-refractivity contribution in [3.05, 3.63) is 26.7 Å². The molecule has 0 aliphatic rings. The number of methoxy groups -OCH3 is 1. The van der Waals surface area contributed by atoms with Crippen LogP contribution in [-0.4, -0.2) is 31.6 Å². The summed E-state index contributed by atoms with van der Waals surface area (Å²) in [5.74, 6) is 1.01. The van der Waals surface area contributed by atoms with Gasteiger partial charge in [-0.1, -0.05) is 15.9 Å². The van der Waals surface area contributed by atoms with Gasteiger partial charge in [-0.15, -0.1) is 11.6 Å². The number of halogens is 2. The van der Waals surface area contributed by atoms with Crippen LogP contribution in [0.4, 0.5) is 0 Å². The average molecular weight is 335 g/mol. The Hall–Kier alpha value is -0.250. The van der Waals surface area contributed by atoms with E-state index in [-0.39, 0.29) is 0 Å². The van der Waals surface area contributed by atoms with Gasteiger partial charge in [-0.25, -0.2) is 0 Å². The van der Waals surface area contributed by atoms with Crippen molar-refractivity contribution >= 4 is 27.5 Å². The highest BCUT2D eigenvalue weighted by atomic mass is 79.9. The van der Waals surface area contributed by atoms with Crippen LogP contribution in [0, 0.1) is 20.8 Å². The van der Waals surface area contributed by atoms with E-state index in [2.05, 4.69) is 41.6 Å². The second-order valence-corrected chi connectivity index (χ2v) is 5.68. The van der Waals surface area contributed by atoms with E-state index in [1.807, 2.05) is 7.05 Å². The van der Waals surface area contributed by atoms with Gasteiger partial charge >= 0.3 is 0 Å². The predicted octanol–water partition coefficient (Wildman–Crippen LogP) is 4.05. The van der Waals surface area contributed by atoms with Crippen LogP contribution in [-0.2, 0) is 6.42 Å². The van der Waals surface area contributed by atoms with Crippen LogP contribution in [0.25, 0.3) is 0 Å². The summed E-state index contributed by atoms with van der Waals surface area (Å²) in [6.45, 7) is 7.28. The SMILES string of the molecule is COc1c(C)c(C)c(Br)c(C)c1CCN(C)CCl. The zero-order chi connectivity index (χ0) is 13.9. The topological polar surface area (TPSA) is 12.5 Å². The molecule has 1 aromatic carbocycles. The smallest absolute Gasteiger partial charge is 0.125 e. The highest BCUT2D eigenvalue weighted by Gasteiger charge is 2.16. The Labute approximate surface area is 123 Å². The summed E-state index contributed by atoms with van der Waals surface area (Å²) >= 11 is 9.48. The Morgan fingerprint density at radius 2 is 1.78 bits per heavy atom. The van der Waals surface area contributed by atoms with Crippen LogP contribution in [0.5, 0.6) is 5.75 Å². The average Bonchev–Trinajstić information content (AvgIpc) is 2.38. The van der Waals surface area contributed by atoms with Crippen molar-refractivity contribution in [2.45, 2.75) is 27.2 Å². The lowest BCUT2D eigenvalue weighted by atomic mass is 9.97. The van der Waals surface area contributed by atoms with Gasteiger partial charge in [0.05, 0.1) is 13.1 Å². The first-order chi connectivity index (χ1) is 8.43. The van der Waals surface area contributed by atoms with Gasteiger partial charge < -0.3 is 4.74 Å². The Morgan fingerprint density at radius 3 is 2.28 bits per heavy atom. The van der Waals surface area contributed by atoms with E-state index in [1.165, 1.54) is 26.7 Å². The van der Waals surface area contributed by atoms with Crippen molar-refractivity contribution in [2.24, 2.45) is 0 Å². The predicted molar refractivity (Wildman–Crippen MR) is 82.0 cm³/mol. The first-order valence-electron chi connectivity index (χ1n) is 6.00. The molecule has 0 saturated carbocycles. The number of nitrogens with zero attached hydrogens (tertiary/aromatic N) is 1. The van der Waals surface area contributed by atoms with Gasteiger partial charge in [0, 0.05) is 11.0 Å². The minimum atomic E-state index is 0.549. The second kappa shape index (κ2) is 6.78. The lowest BCUT2D eigenvalue weighted by Gasteiger charge is -2.20. The summed E-state index contributed by atoms with van der Waals surface area (Å²) in [6.07, 6.45) is 0.942. The summed E-state index contributed by atoms with van der Waals surface area (Å²) in [6, 6.07) is 0.549. The number of alkyl halides is 1. The van der Waals surface area contributed by atoms with E-state index < -0.39 is 0 Å². The second-order valence-electron chi connectivity index (χ2n) is 4.65. The van der Waals surface area contributed by atoms with E-state index in [0.717, 1.165) is 18.7 Å². The normalized spacial score (nSPS) is 11.1. The summed E-state index contributed by atoms with van der Waals surface area (Å²) in [4.78, 5) is 2.09. The molecule has 0 N–H and O–H groups in total. The highest BCUT2D eigenvalue weighted by Crippen LogP contribution is 2.36. The van der Waals surface area contributed by atoms with Gasteiger partial charge in [0.1, 0.15) is 5.75 Å². The van der Waals surface area contributed by atoms with Gasteiger partial charge in [-0.3, -0.25) is 4.90 Å². The molecule has 0 amide bonds. The number of rotatable bonds is 5. The number of likely N-dealkylation sites (N-methyl/N-ethyl adjacent to an activating group) is 1. The molecule has 4 heteroatoms. The Bertz CT molecular complexity index is 435. The molecule has 102 valence electrons. The van der Waals surface area contributed by atoms with Crippen molar-refractivity contribution in [3.63, 3.8) is 0 Å². The van der Waals surface area contributed by atoms with Crippen molar-refractivity contribution in [1.29, 1.82) is 0 Å². The fourth-order valence-corrected chi connectivity index (χ4v) is 2.74. The van der Waals surface area contributed by atoms with Gasteiger partial charge in [-0.05, 0) is 56.5 Å². The molecule has 1 aromatic rings. The molecule has 0 bridgehead atoms. The monoisotopic (exact) mass is 333 g/mol. The van der Waals surface area contributed by atoms with E-state index >= 15 is 0 Å². The van der Waals surface area contributed by atoms with Crippen molar-refractivity contribution < 1.29 is 4.74 Å². The lowest BCUT2D eigenvalue weighted by molar-refractivity contribution is 0.379. The molecule has 0 heterocycles. The summed E-state index contributed by atoms with van der Waals surface area (Å²) < 4.78 is 6.77. The zero-order valence-corrected chi connectivity index (χ0v) is 14.1. The summed E-state index contributed by atoms with van der Waals surface area (Å²) in [5, 5.41) is 0. The van der Waals surface area contributed by atoms with Crippen LogP contribution in [0.3, 0.4) is 0 Å². The van der Waals surface area contributed by atoms with Crippen LogP contribution in [0.2, 0.25) is 0 Å². The van der Waals surface area contributed by atoms with Crippen LogP contribution in [0.1, 0.15) is 22.3 Å². The van der Waals surface area contributed by atoms with Gasteiger partial charge in [0.2, 0.25) is 0 Å². The van der Waals surface area contributed by atoms with E-state index in [9.17, 15) is 0 Å².